The fourth-order valence-electron chi connectivity index (χ4n) is 2.20. The smallest absolute Gasteiger partial charge is 0.0758 e. The van der Waals surface area contributed by atoms with Crippen LogP contribution < -0.4 is 0 Å². The van der Waals surface area contributed by atoms with E-state index in [4.69, 9.17) is 4.74 Å². The van der Waals surface area contributed by atoms with Crippen LogP contribution in [0.5, 0.6) is 0 Å². The SMILES string of the molecule is COC[C@@H](c1ccccn1)N(C)Cc1ncccc1C. The molecule has 0 bridgehead atoms. The van der Waals surface area contributed by atoms with Crippen molar-refractivity contribution in [2.75, 3.05) is 20.8 Å². The van der Waals surface area contributed by atoms with Crippen LogP contribution >= 0.6 is 0 Å². The van der Waals surface area contributed by atoms with E-state index in [2.05, 4.69) is 34.9 Å². The van der Waals surface area contributed by atoms with Crippen molar-refractivity contribution >= 4 is 0 Å². The summed E-state index contributed by atoms with van der Waals surface area (Å²) in [5.41, 5.74) is 3.31. The van der Waals surface area contributed by atoms with Crippen LogP contribution in [0.15, 0.2) is 42.7 Å². The van der Waals surface area contributed by atoms with Crippen LogP contribution in [0.2, 0.25) is 0 Å². The van der Waals surface area contributed by atoms with Crippen molar-refractivity contribution in [2.45, 2.75) is 19.5 Å². The number of rotatable bonds is 6. The maximum absolute atomic E-state index is 5.35. The Morgan fingerprint density at radius 2 is 1.95 bits per heavy atom. The van der Waals surface area contributed by atoms with Gasteiger partial charge in [0.1, 0.15) is 0 Å². The molecule has 0 saturated carbocycles. The highest BCUT2D eigenvalue weighted by Crippen LogP contribution is 2.20. The van der Waals surface area contributed by atoms with Crippen molar-refractivity contribution in [3.8, 4) is 0 Å². The minimum absolute atomic E-state index is 0.127. The zero-order chi connectivity index (χ0) is 14.4. The lowest BCUT2D eigenvalue weighted by atomic mass is 10.1. The van der Waals surface area contributed by atoms with Crippen LogP contribution in [0.4, 0.5) is 0 Å². The molecule has 2 aromatic rings. The zero-order valence-electron chi connectivity index (χ0n) is 12.3. The monoisotopic (exact) mass is 271 g/mol. The normalized spacial score (nSPS) is 12.6. The molecular formula is C16H21N3O. The molecule has 1 atom stereocenters. The van der Waals surface area contributed by atoms with E-state index >= 15 is 0 Å². The van der Waals surface area contributed by atoms with E-state index in [-0.39, 0.29) is 6.04 Å². The van der Waals surface area contributed by atoms with Crippen LogP contribution in [0.25, 0.3) is 0 Å². The summed E-state index contributed by atoms with van der Waals surface area (Å²) in [4.78, 5) is 11.1. The van der Waals surface area contributed by atoms with Crippen molar-refractivity contribution < 1.29 is 4.74 Å². The summed E-state index contributed by atoms with van der Waals surface area (Å²) in [5, 5.41) is 0. The highest BCUT2D eigenvalue weighted by molar-refractivity contribution is 5.18. The van der Waals surface area contributed by atoms with Crippen molar-refractivity contribution in [3.05, 3.63) is 59.7 Å². The molecule has 4 nitrogen and oxygen atoms in total. The molecule has 20 heavy (non-hydrogen) atoms. The van der Waals surface area contributed by atoms with Crippen LogP contribution in [0, 0.1) is 6.92 Å². The molecule has 0 spiro atoms. The predicted molar refractivity (Wildman–Crippen MR) is 79.3 cm³/mol. The molecule has 2 aromatic heterocycles. The van der Waals surface area contributed by atoms with E-state index in [0.717, 1.165) is 17.9 Å². The average molecular weight is 271 g/mol. The number of hydrogen-bond donors (Lipinski definition) is 0. The summed E-state index contributed by atoms with van der Waals surface area (Å²) in [5.74, 6) is 0. The second-order valence-electron chi connectivity index (χ2n) is 4.91. The molecule has 0 aliphatic carbocycles. The first-order valence-electron chi connectivity index (χ1n) is 6.73. The fourth-order valence-corrected chi connectivity index (χ4v) is 2.20. The van der Waals surface area contributed by atoms with E-state index in [1.807, 2.05) is 36.7 Å². The molecule has 0 unspecified atom stereocenters. The van der Waals surface area contributed by atoms with Crippen molar-refractivity contribution in [1.29, 1.82) is 0 Å². The Balaban J connectivity index is 2.16. The van der Waals surface area contributed by atoms with Gasteiger partial charge in [0, 0.05) is 26.0 Å². The van der Waals surface area contributed by atoms with Gasteiger partial charge in [-0.2, -0.15) is 0 Å². The number of hydrogen-bond acceptors (Lipinski definition) is 4. The Bertz CT molecular complexity index is 530. The molecule has 0 aliphatic rings. The quantitative estimate of drug-likeness (QED) is 0.809. The first-order valence-corrected chi connectivity index (χ1v) is 6.73. The number of likely N-dealkylation sites (N-methyl/N-ethyl adjacent to an activating group) is 1. The molecule has 0 aromatic carbocycles. The summed E-state index contributed by atoms with van der Waals surface area (Å²) in [6.45, 7) is 3.47. The largest absolute Gasteiger partial charge is 0.383 e. The van der Waals surface area contributed by atoms with Gasteiger partial charge in [-0.25, -0.2) is 0 Å². The number of methoxy groups -OCH3 is 1. The number of aryl methyl sites for hydroxylation is 1. The summed E-state index contributed by atoms with van der Waals surface area (Å²) in [7, 11) is 3.79. The summed E-state index contributed by atoms with van der Waals surface area (Å²) in [6.07, 6.45) is 3.65. The molecule has 0 amide bonds. The summed E-state index contributed by atoms with van der Waals surface area (Å²) in [6, 6.07) is 10.1. The van der Waals surface area contributed by atoms with Crippen LogP contribution in [0.3, 0.4) is 0 Å². The van der Waals surface area contributed by atoms with Crippen molar-refractivity contribution in [1.82, 2.24) is 14.9 Å². The van der Waals surface area contributed by atoms with Crippen LogP contribution in [-0.2, 0) is 11.3 Å². The third-order valence-electron chi connectivity index (χ3n) is 3.40. The Hall–Kier alpha value is -1.78. The first kappa shape index (κ1) is 14.6. The summed E-state index contributed by atoms with van der Waals surface area (Å²) < 4.78 is 5.35. The maximum atomic E-state index is 5.35. The Morgan fingerprint density at radius 3 is 2.60 bits per heavy atom. The zero-order valence-corrected chi connectivity index (χ0v) is 12.3. The fraction of sp³-hybridized carbons (Fsp3) is 0.375. The van der Waals surface area contributed by atoms with Gasteiger partial charge in [0.05, 0.1) is 24.0 Å². The number of ether oxygens (including phenoxy) is 1. The first-order chi connectivity index (χ1) is 9.72. The Kier molecular flexibility index (Phi) is 5.21. The van der Waals surface area contributed by atoms with Gasteiger partial charge in [-0.3, -0.25) is 14.9 Å². The van der Waals surface area contributed by atoms with Gasteiger partial charge in [0.15, 0.2) is 0 Å². The molecule has 0 N–H and O–H groups in total. The molecular weight excluding hydrogens is 250 g/mol. The van der Waals surface area contributed by atoms with E-state index in [1.54, 1.807) is 7.11 Å². The molecule has 106 valence electrons. The standard InChI is InChI=1S/C16H21N3O/c1-13-7-6-10-18-15(13)11-19(2)16(12-20-3)14-8-4-5-9-17-14/h4-10,16H,11-12H2,1-3H3/t16-/m0/s1. The van der Waals surface area contributed by atoms with Gasteiger partial charge in [-0.1, -0.05) is 12.1 Å². The Morgan fingerprint density at radius 1 is 1.15 bits per heavy atom. The lowest BCUT2D eigenvalue weighted by Gasteiger charge is -2.27. The van der Waals surface area contributed by atoms with Crippen molar-refractivity contribution in [2.24, 2.45) is 0 Å². The molecule has 2 rings (SSSR count). The van der Waals surface area contributed by atoms with Gasteiger partial charge in [0.25, 0.3) is 0 Å². The molecule has 0 radical (unpaired) electrons. The van der Waals surface area contributed by atoms with Crippen LogP contribution in [0.1, 0.15) is 23.0 Å². The average Bonchev–Trinajstić information content (AvgIpc) is 2.48. The van der Waals surface area contributed by atoms with Gasteiger partial charge in [-0.15, -0.1) is 0 Å². The van der Waals surface area contributed by atoms with Gasteiger partial charge in [-0.05, 0) is 37.7 Å². The molecule has 0 saturated heterocycles. The van der Waals surface area contributed by atoms with Gasteiger partial charge < -0.3 is 4.74 Å². The molecule has 2 heterocycles. The Labute approximate surface area is 120 Å². The van der Waals surface area contributed by atoms with E-state index in [9.17, 15) is 0 Å². The van der Waals surface area contributed by atoms with Crippen molar-refractivity contribution in [3.63, 3.8) is 0 Å². The third-order valence-corrected chi connectivity index (χ3v) is 3.40. The molecule has 0 fully saturated rings. The second kappa shape index (κ2) is 7.12. The minimum atomic E-state index is 0.127. The van der Waals surface area contributed by atoms with Crippen LogP contribution in [-0.4, -0.2) is 35.6 Å². The second-order valence-corrected chi connectivity index (χ2v) is 4.91. The maximum Gasteiger partial charge on any atom is 0.0758 e. The van der Waals surface area contributed by atoms with E-state index < -0.39 is 0 Å². The van der Waals surface area contributed by atoms with Gasteiger partial charge in [0.2, 0.25) is 0 Å². The number of pyridine rings is 2. The highest BCUT2D eigenvalue weighted by Gasteiger charge is 2.19. The third kappa shape index (κ3) is 3.62. The predicted octanol–water partition coefficient (Wildman–Crippen LogP) is 2.60. The minimum Gasteiger partial charge on any atom is -0.383 e. The van der Waals surface area contributed by atoms with E-state index in [0.29, 0.717) is 6.61 Å². The lowest BCUT2D eigenvalue weighted by Crippen LogP contribution is -2.29. The van der Waals surface area contributed by atoms with E-state index in [1.165, 1.54) is 5.56 Å². The lowest BCUT2D eigenvalue weighted by molar-refractivity contribution is 0.0991. The number of nitrogens with zero attached hydrogens (tertiary/aromatic N) is 3. The number of aromatic nitrogens is 2. The molecule has 0 aliphatic heterocycles. The summed E-state index contributed by atoms with van der Waals surface area (Å²) >= 11 is 0. The highest BCUT2D eigenvalue weighted by atomic mass is 16.5. The topological polar surface area (TPSA) is 38.2 Å². The molecule has 4 heteroatoms. The van der Waals surface area contributed by atoms with Gasteiger partial charge >= 0.3 is 0 Å².